The summed E-state index contributed by atoms with van der Waals surface area (Å²) in [6.07, 6.45) is 1.86. The van der Waals surface area contributed by atoms with Gasteiger partial charge >= 0.3 is 0 Å². The highest BCUT2D eigenvalue weighted by atomic mass is 15.1. The van der Waals surface area contributed by atoms with Crippen molar-refractivity contribution in [3.05, 3.63) is 42.1 Å². The molecule has 106 valence electrons. The molecule has 4 nitrogen and oxygen atoms in total. The van der Waals surface area contributed by atoms with E-state index in [1.54, 1.807) is 0 Å². The second-order valence-electron chi connectivity index (χ2n) is 5.17. The minimum atomic E-state index is 0.0862. The lowest BCUT2D eigenvalue weighted by molar-refractivity contribution is 0.264. The van der Waals surface area contributed by atoms with Crippen LogP contribution in [0.1, 0.15) is 19.4 Å². The number of nitrogens with two attached hydrogens (primary N) is 1. The van der Waals surface area contributed by atoms with Crippen LogP contribution in [-0.2, 0) is 6.54 Å². The normalized spacial score (nSPS) is 12.8. The zero-order chi connectivity index (χ0) is 14.5. The van der Waals surface area contributed by atoms with Gasteiger partial charge < -0.3 is 5.73 Å². The number of nitrogens with zero attached hydrogens (tertiary/aromatic N) is 2. The van der Waals surface area contributed by atoms with Crippen molar-refractivity contribution in [2.45, 2.75) is 20.4 Å². The molecule has 0 aliphatic rings. The maximum absolute atomic E-state index is 7.52. The molecule has 0 aliphatic carbocycles. The van der Waals surface area contributed by atoms with E-state index in [4.69, 9.17) is 11.1 Å². The molecule has 2 aromatic rings. The minimum absolute atomic E-state index is 0.0862. The molecule has 1 unspecified atom stereocenters. The van der Waals surface area contributed by atoms with Crippen LogP contribution in [0.25, 0.3) is 10.9 Å². The Kier molecular flexibility index (Phi) is 4.69. The van der Waals surface area contributed by atoms with Gasteiger partial charge in [0, 0.05) is 30.6 Å². The number of amidine groups is 1. The number of hydrogen-bond donors (Lipinski definition) is 2. The Bertz CT molecular complexity index is 589. The van der Waals surface area contributed by atoms with E-state index in [-0.39, 0.29) is 11.8 Å². The summed E-state index contributed by atoms with van der Waals surface area (Å²) in [5.74, 6) is 0.339. The number of para-hydroxylation sites is 1. The highest BCUT2D eigenvalue weighted by molar-refractivity contribution is 5.82. The van der Waals surface area contributed by atoms with Gasteiger partial charge in [-0.05, 0) is 24.2 Å². The molecule has 0 radical (unpaired) electrons. The van der Waals surface area contributed by atoms with E-state index in [2.05, 4.69) is 28.9 Å². The van der Waals surface area contributed by atoms with Crippen LogP contribution in [0.2, 0.25) is 0 Å². The van der Waals surface area contributed by atoms with Crippen molar-refractivity contribution in [3.8, 4) is 0 Å². The summed E-state index contributed by atoms with van der Waals surface area (Å²) in [6, 6.07) is 10.3. The van der Waals surface area contributed by atoms with Crippen LogP contribution in [-0.4, -0.2) is 28.8 Å². The minimum Gasteiger partial charge on any atom is -0.387 e. The van der Waals surface area contributed by atoms with E-state index in [0.29, 0.717) is 0 Å². The molecule has 0 bridgehead atoms. The number of nitrogens with one attached hydrogen (secondary N) is 1. The van der Waals surface area contributed by atoms with Crippen LogP contribution < -0.4 is 5.73 Å². The van der Waals surface area contributed by atoms with E-state index in [9.17, 15) is 0 Å². The number of aromatic nitrogens is 1. The van der Waals surface area contributed by atoms with Gasteiger partial charge in [0.05, 0.1) is 11.4 Å². The second-order valence-corrected chi connectivity index (χ2v) is 5.17. The highest BCUT2D eigenvalue weighted by Gasteiger charge is 2.12. The summed E-state index contributed by atoms with van der Waals surface area (Å²) in [6.45, 7) is 6.74. The average molecular weight is 270 g/mol. The molecule has 1 atom stereocenters. The van der Waals surface area contributed by atoms with Gasteiger partial charge in [0.1, 0.15) is 0 Å². The van der Waals surface area contributed by atoms with E-state index in [1.165, 1.54) is 10.9 Å². The molecule has 4 heteroatoms. The van der Waals surface area contributed by atoms with Gasteiger partial charge in [0.25, 0.3) is 0 Å². The van der Waals surface area contributed by atoms with E-state index in [0.717, 1.165) is 25.2 Å². The standard InChI is InChI=1S/C16H22N4/c1-3-20(10-12(2)16(17)18)11-13-8-9-19-15-7-5-4-6-14(13)15/h4-9,12H,3,10-11H2,1-2H3,(H3,17,18). The van der Waals surface area contributed by atoms with Crippen LogP contribution in [0.3, 0.4) is 0 Å². The third-order valence-corrected chi connectivity index (χ3v) is 3.64. The summed E-state index contributed by atoms with van der Waals surface area (Å²) in [7, 11) is 0. The third-order valence-electron chi connectivity index (χ3n) is 3.64. The van der Waals surface area contributed by atoms with Crippen molar-refractivity contribution in [1.82, 2.24) is 9.88 Å². The SMILES string of the molecule is CCN(Cc1ccnc2ccccc12)CC(C)C(=N)N. The van der Waals surface area contributed by atoms with Crippen molar-refractivity contribution >= 4 is 16.7 Å². The molecule has 1 aromatic carbocycles. The number of hydrogen-bond acceptors (Lipinski definition) is 3. The van der Waals surface area contributed by atoms with Crippen molar-refractivity contribution in [3.63, 3.8) is 0 Å². The predicted octanol–water partition coefficient (Wildman–Crippen LogP) is 2.63. The van der Waals surface area contributed by atoms with Crippen molar-refractivity contribution in [2.24, 2.45) is 11.7 Å². The third kappa shape index (κ3) is 3.33. The quantitative estimate of drug-likeness (QED) is 0.626. The van der Waals surface area contributed by atoms with Gasteiger partial charge in [0.2, 0.25) is 0 Å². The van der Waals surface area contributed by atoms with Crippen LogP contribution in [0.4, 0.5) is 0 Å². The smallest absolute Gasteiger partial charge is 0.0947 e. The summed E-state index contributed by atoms with van der Waals surface area (Å²) >= 11 is 0. The zero-order valence-electron chi connectivity index (χ0n) is 12.1. The summed E-state index contributed by atoms with van der Waals surface area (Å²) < 4.78 is 0. The predicted molar refractivity (Wildman–Crippen MR) is 83.8 cm³/mol. The van der Waals surface area contributed by atoms with Crippen LogP contribution in [0, 0.1) is 11.3 Å². The van der Waals surface area contributed by atoms with Crippen molar-refractivity contribution in [2.75, 3.05) is 13.1 Å². The fraction of sp³-hybridized carbons (Fsp3) is 0.375. The number of benzene rings is 1. The number of rotatable bonds is 6. The fourth-order valence-electron chi connectivity index (χ4n) is 2.32. The Morgan fingerprint density at radius 2 is 2.10 bits per heavy atom. The summed E-state index contributed by atoms with van der Waals surface area (Å²) in [5.41, 5.74) is 7.87. The first-order chi connectivity index (χ1) is 9.61. The lowest BCUT2D eigenvalue weighted by Gasteiger charge is -2.24. The van der Waals surface area contributed by atoms with Gasteiger partial charge in [-0.15, -0.1) is 0 Å². The Morgan fingerprint density at radius 1 is 1.35 bits per heavy atom. The molecule has 1 heterocycles. The van der Waals surface area contributed by atoms with E-state index < -0.39 is 0 Å². The molecular formula is C16H22N4. The molecular weight excluding hydrogens is 248 g/mol. The molecule has 0 fully saturated rings. The van der Waals surface area contributed by atoms with Crippen LogP contribution >= 0.6 is 0 Å². The second kappa shape index (κ2) is 6.48. The van der Waals surface area contributed by atoms with Gasteiger partial charge in [-0.25, -0.2) is 0 Å². The maximum atomic E-state index is 7.52. The van der Waals surface area contributed by atoms with Gasteiger partial charge in [-0.2, -0.15) is 0 Å². The van der Waals surface area contributed by atoms with Crippen molar-refractivity contribution in [1.29, 1.82) is 5.41 Å². The molecule has 1 aromatic heterocycles. The lowest BCUT2D eigenvalue weighted by atomic mass is 10.1. The van der Waals surface area contributed by atoms with Gasteiger partial charge in [-0.1, -0.05) is 32.0 Å². The van der Waals surface area contributed by atoms with Crippen LogP contribution in [0.5, 0.6) is 0 Å². The Balaban J connectivity index is 2.19. The first-order valence-corrected chi connectivity index (χ1v) is 7.00. The highest BCUT2D eigenvalue weighted by Crippen LogP contribution is 2.18. The van der Waals surface area contributed by atoms with E-state index >= 15 is 0 Å². The Hall–Kier alpha value is -1.94. The first kappa shape index (κ1) is 14.5. The van der Waals surface area contributed by atoms with Crippen LogP contribution in [0.15, 0.2) is 36.5 Å². The molecule has 0 amide bonds. The molecule has 2 rings (SSSR count). The fourth-order valence-corrected chi connectivity index (χ4v) is 2.32. The van der Waals surface area contributed by atoms with Crippen molar-refractivity contribution < 1.29 is 0 Å². The number of fused-ring (bicyclic) bond motifs is 1. The molecule has 20 heavy (non-hydrogen) atoms. The van der Waals surface area contributed by atoms with Gasteiger partial charge in [-0.3, -0.25) is 15.3 Å². The summed E-state index contributed by atoms with van der Waals surface area (Å²) in [4.78, 5) is 6.70. The average Bonchev–Trinajstić information content (AvgIpc) is 2.46. The van der Waals surface area contributed by atoms with E-state index in [1.807, 2.05) is 31.3 Å². The Labute approximate surface area is 120 Å². The Morgan fingerprint density at radius 3 is 2.80 bits per heavy atom. The van der Waals surface area contributed by atoms with Gasteiger partial charge in [0.15, 0.2) is 0 Å². The molecule has 3 N–H and O–H groups in total. The topological polar surface area (TPSA) is 66.0 Å². The first-order valence-electron chi connectivity index (χ1n) is 7.00. The lowest BCUT2D eigenvalue weighted by Crippen LogP contribution is -2.34. The zero-order valence-corrected chi connectivity index (χ0v) is 12.1. The molecule has 0 spiro atoms. The number of pyridine rings is 1. The molecule has 0 saturated carbocycles. The molecule has 0 aliphatic heterocycles. The summed E-state index contributed by atoms with van der Waals surface area (Å²) in [5, 5.41) is 8.72. The monoisotopic (exact) mass is 270 g/mol. The maximum Gasteiger partial charge on any atom is 0.0947 e. The molecule has 0 saturated heterocycles. The largest absolute Gasteiger partial charge is 0.387 e.